The topological polar surface area (TPSA) is 109 Å². The lowest BCUT2D eigenvalue weighted by Crippen LogP contribution is -2.53. The Morgan fingerprint density at radius 3 is 2.55 bits per heavy atom. The van der Waals surface area contributed by atoms with Crippen molar-refractivity contribution in [3.05, 3.63) is 21.7 Å². The van der Waals surface area contributed by atoms with Gasteiger partial charge in [0.25, 0.3) is 0 Å². The maximum Gasteiger partial charge on any atom is 0.336 e. The van der Waals surface area contributed by atoms with Crippen LogP contribution in [0.5, 0.6) is 0 Å². The van der Waals surface area contributed by atoms with Crippen molar-refractivity contribution < 1.29 is 19.2 Å². The van der Waals surface area contributed by atoms with Gasteiger partial charge in [0, 0.05) is 50.3 Å². The summed E-state index contributed by atoms with van der Waals surface area (Å²) in [6.07, 6.45) is 1.65. The van der Waals surface area contributed by atoms with Crippen molar-refractivity contribution in [2.45, 2.75) is 38.3 Å². The summed E-state index contributed by atoms with van der Waals surface area (Å²) in [4.78, 5) is 47.1. The molecule has 0 amide bonds. The SMILES string of the molecule is CCOC(=O)C1C(=O)Cc2cc([N+](=O)[O-])c(N3CCN(C)CC3)nc2N1C1CC1. The van der Waals surface area contributed by atoms with Crippen molar-refractivity contribution in [3.8, 4) is 0 Å². The van der Waals surface area contributed by atoms with Crippen LogP contribution in [0.1, 0.15) is 25.3 Å². The van der Waals surface area contributed by atoms with E-state index in [1.165, 1.54) is 6.07 Å². The lowest BCUT2D eigenvalue weighted by molar-refractivity contribution is -0.384. The van der Waals surface area contributed by atoms with Crippen LogP contribution in [0.3, 0.4) is 0 Å². The molecule has 0 bridgehead atoms. The number of ketones is 1. The fourth-order valence-electron chi connectivity index (χ4n) is 4.03. The molecule has 4 rings (SSSR count). The number of hydrogen-bond donors (Lipinski definition) is 0. The Kier molecular flexibility index (Phi) is 5.12. The Morgan fingerprint density at radius 1 is 1.28 bits per heavy atom. The van der Waals surface area contributed by atoms with Crippen molar-refractivity contribution in [3.63, 3.8) is 0 Å². The molecule has 1 saturated carbocycles. The van der Waals surface area contributed by atoms with E-state index in [4.69, 9.17) is 4.74 Å². The molecular formula is C19H25N5O5. The van der Waals surface area contributed by atoms with Gasteiger partial charge in [-0.2, -0.15) is 0 Å². The summed E-state index contributed by atoms with van der Waals surface area (Å²) in [6, 6.07) is 0.468. The van der Waals surface area contributed by atoms with Crippen LogP contribution in [-0.4, -0.2) is 78.5 Å². The monoisotopic (exact) mass is 403 g/mol. The first kappa shape index (κ1) is 19.6. The number of anilines is 2. The molecule has 10 nitrogen and oxygen atoms in total. The van der Waals surface area contributed by atoms with Gasteiger partial charge >= 0.3 is 11.7 Å². The largest absolute Gasteiger partial charge is 0.464 e. The summed E-state index contributed by atoms with van der Waals surface area (Å²) in [7, 11) is 2.01. The van der Waals surface area contributed by atoms with E-state index in [0.29, 0.717) is 30.3 Å². The highest BCUT2D eigenvalue weighted by molar-refractivity contribution is 6.09. The highest BCUT2D eigenvalue weighted by atomic mass is 16.6. The van der Waals surface area contributed by atoms with Crippen molar-refractivity contribution >= 4 is 29.1 Å². The van der Waals surface area contributed by atoms with Gasteiger partial charge in [0.15, 0.2) is 11.8 Å². The Balaban J connectivity index is 1.78. The molecule has 1 aliphatic carbocycles. The Bertz CT molecular complexity index is 848. The highest BCUT2D eigenvalue weighted by Gasteiger charge is 2.47. The highest BCUT2D eigenvalue weighted by Crippen LogP contribution is 2.41. The van der Waals surface area contributed by atoms with Crippen molar-refractivity contribution in [1.29, 1.82) is 0 Å². The third kappa shape index (κ3) is 3.64. The second-order valence-corrected chi connectivity index (χ2v) is 7.80. The van der Waals surface area contributed by atoms with E-state index in [1.54, 1.807) is 11.8 Å². The number of nitrogens with zero attached hydrogens (tertiary/aromatic N) is 5. The molecule has 1 atom stereocenters. The molecule has 3 heterocycles. The minimum Gasteiger partial charge on any atom is -0.464 e. The predicted molar refractivity (Wildman–Crippen MR) is 105 cm³/mol. The molecule has 156 valence electrons. The maximum absolute atomic E-state index is 12.8. The lowest BCUT2D eigenvalue weighted by atomic mass is 9.96. The number of pyridine rings is 1. The second kappa shape index (κ2) is 7.58. The molecule has 0 spiro atoms. The lowest BCUT2D eigenvalue weighted by Gasteiger charge is -2.37. The van der Waals surface area contributed by atoms with Crippen LogP contribution in [0.15, 0.2) is 6.07 Å². The molecular weight excluding hydrogens is 378 g/mol. The molecule has 0 N–H and O–H groups in total. The van der Waals surface area contributed by atoms with Gasteiger partial charge in [-0.15, -0.1) is 0 Å². The quantitative estimate of drug-likeness (QED) is 0.305. The number of carbonyl (C=O) groups is 2. The summed E-state index contributed by atoms with van der Waals surface area (Å²) in [5, 5.41) is 11.7. The molecule has 1 unspecified atom stereocenters. The van der Waals surface area contributed by atoms with E-state index < -0.39 is 16.9 Å². The Hall–Kier alpha value is -2.75. The van der Waals surface area contributed by atoms with E-state index in [0.717, 1.165) is 25.9 Å². The third-order valence-electron chi connectivity index (χ3n) is 5.68. The van der Waals surface area contributed by atoms with Crippen LogP contribution in [0, 0.1) is 10.1 Å². The molecule has 0 aromatic carbocycles. The molecule has 2 fully saturated rings. The van der Waals surface area contributed by atoms with Gasteiger partial charge in [-0.3, -0.25) is 14.9 Å². The molecule has 10 heteroatoms. The number of piperazine rings is 1. The van der Waals surface area contributed by atoms with Crippen LogP contribution in [0.25, 0.3) is 0 Å². The Morgan fingerprint density at radius 2 is 1.97 bits per heavy atom. The van der Waals surface area contributed by atoms with Crippen LogP contribution >= 0.6 is 0 Å². The average Bonchev–Trinajstić information content (AvgIpc) is 3.51. The first-order valence-corrected chi connectivity index (χ1v) is 10.00. The number of ether oxygens (including phenoxy) is 1. The molecule has 3 aliphatic rings. The number of Topliss-reactive ketones (excluding diaryl/α,β-unsaturated/α-hetero) is 1. The number of nitro groups is 1. The minimum atomic E-state index is -1.02. The predicted octanol–water partition coefficient (Wildman–Crippen LogP) is 0.767. The van der Waals surface area contributed by atoms with E-state index in [9.17, 15) is 19.7 Å². The third-order valence-corrected chi connectivity index (χ3v) is 5.68. The fourth-order valence-corrected chi connectivity index (χ4v) is 4.03. The number of aromatic nitrogens is 1. The van der Waals surface area contributed by atoms with Crippen LogP contribution in [0.4, 0.5) is 17.3 Å². The molecule has 1 aromatic rings. The van der Waals surface area contributed by atoms with E-state index in [2.05, 4.69) is 9.88 Å². The molecule has 1 aromatic heterocycles. The van der Waals surface area contributed by atoms with Gasteiger partial charge in [-0.05, 0) is 26.8 Å². The standard InChI is InChI=1S/C19H25N5O5/c1-3-29-19(26)16-15(25)11-12-10-14(24(27)28)18(22-8-6-21(2)7-9-22)20-17(12)23(16)13-4-5-13/h10,13,16H,3-9,11H2,1-2H3. The second-order valence-electron chi connectivity index (χ2n) is 7.80. The Labute approximate surface area is 168 Å². The zero-order valence-corrected chi connectivity index (χ0v) is 16.7. The van der Waals surface area contributed by atoms with Crippen molar-refractivity contribution in [1.82, 2.24) is 9.88 Å². The zero-order chi connectivity index (χ0) is 20.7. The number of rotatable bonds is 5. The van der Waals surface area contributed by atoms with E-state index >= 15 is 0 Å². The van der Waals surface area contributed by atoms with Gasteiger partial charge in [0.2, 0.25) is 5.82 Å². The summed E-state index contributed by atoms with van der Waals surface area (Å²) in [6.45, 7) is 4.72. The molecule has 1 saturated heterocycles. The number of hydrogen-bond acceptors (Lipinski definition) is 9. The first-order valence-electron chi connectivity index (χ1n) is 10.00. The minimum absolute atomic E-state index is 0.0294. The number of carbonyl (C=O) groups excluding carboxylic acids is 2. The van der Waals surface area contributed by atoms with Gasteiger partial charge in [0.1, 0.15) is 5.82 Å². The van der Waals surface area contributed by atoms with E-state index in [-0.39, 0.29) is 30.5 Å². The molecule has 0 radical (unpaired) electrons. The summed E-state index contributed by atoms with van der Waals surface area (Å²) >= 11 is 0. The number of fused-ring (bicyclic) bond motifs is 1. The van der Waals surface area contributed by atoms with Gasteiger partial charge < -0.3 is 19.4 Å². The molecule has 29 heavy (non-hydrogen) atoms. The molecule has 2 aliphatic heterocycles. The van der Waals surface area contributed by atoms with Gasteiger partial charge in [-0.25, -0.2) is 9.78 Å². The fraction of sp³-hybridized carbons (Fsp3) is 0.632. The first-order chi connectivity index (χ1) is 13.9. The number of esters is 1. The smallest absolute Gasteiger partial charge is 0.336 e. The summed E-state index contributed by atoms with van der Waals surface area (Å²) in [5.74, 6) is -0.0585. The van der Waals surface area contributed by atoms with Gasteiger partial charge in [0.05, 0.1) is 11.5 Å². The van der Waals surface area contributed by atoms with Crippen LogP contribution < -0.4 is 9.80 Å². The van der Waals surface area contributed by atoms with Crippen LogP contribution in [0.2, 0.25) is 0 Å². The van der Waals surface area contributed by atoms with Crippen LogP contribution in [-0.2, 0) is 20.7 Å². The summed E-state index contributed by atoms with van der Waals surface area (Å²) in [5.41, 5.74) is 0.415. The zero-order valence-electron chi connectivity index (χ0n) is 16.7. The summed E-state index contributed by atoms with van der Waals surface area (Å²) < 4.78 is 5.14. The normalized spacial score (nSPS) is 22.4. The maximum atomic E-state index is 12.8. The van der Waals surface area contributed by atoms with Crippen molar-refractivity contribution in [2.24, 2.45) is 0 Å². The number of likely N-dealkylation sites (N-methyl/N-ethyl adjacent to an activating group) is 1. The van der Waals surface area contributed by atoms with E-state index in [1.807, 2.05) is 11.9 Å². The average molecular weight is 403 g/mol. The van der Waals surface area contributed by atoms with Crippen molar-refractivity contribution in [2.75, 3.05) is 49.6 Å². The van der Waals surface area contributed by atoms with Gasteiger partial charge in [-0.1, -0.05) is 0 Å².